The zero-order chi connectivity index (χ0) is 34.7. The number of benzene rings is 4. The summed E-state index contributed by atoms with van der Waals surface area (Å²) in [5, 5.41) is 7.68. The van der Waals surface area contributed by atoms with Gasteiger partial charge >= 0.3 is 0 Å². The molecule has 0 unspecified atom stereocenters. The molecule has 0 aliphatic rings. The van der Waals surface area contributed by atoms with E-state index >= 15 is 0 Å². The highest BCUT2D eigenvalue weighted by atomic mass is 16.5. The first-order chi connectivity index (χ1) is 23.2. The maximum atomic E-state index is 6.65. The van der Waals surface area contributed by atoms with Crippen molar-refractivity contribution < 1.29 is 4.74 Å². The SMILES string of the molecule is CC(C)(C)c1ccnc(-n2c3ccccc3c3ccc(Oc4cccc(-n5nc(C(C)(C)C)c(-c6ccccc6)c5C(C)(C)C)c4)cc32)c1. The second kappa shape index (κ2) is 11.8. The van der Waals surface area contributed by atoms with Crippen LogP contribution >= 0.6 is 0 Å². The molecule has 5 nitrogen and oxygen atoms in total. The Hall–Kier alpha value is -5.16. The minimum atomic E-state index is -0.171. The van der Waals surface area contributed by atoms with Gasteiger partial charge in [-0.15, -0.1) is 0 Å². The summed E-state index contributed by atoms with van der Waals surface area (Å²) in [7, 11) is 0. The summed E-state index contributed by atoms with van der Waals surface area (Å²) in [6, 6.07) is 38.1. The van der Waals surface area contributed by atoms with Crippen LogP contribution in [0.4, 0.5) is 0 Å². The van der Waals surface area contributed by atoms with Gasteiger partial charge in [0.2, 0.25) is 0 Å². The van der Waals surface area contributed by atoms with E-state index in [4.69, 9.17) is 14.8 Å². The lowest BCUT2D eigenvalue weighted by Crippen LogP contribution is -2.18. The number of rotatable bonds is 5. The molecule has 0 aliphatic heterocycles. The molecule has 7 aromatic rings. The summed E-state index contributed by atoms with van der Waals surface area (Å²) < 4.78 is 11.0. The molecule has 5 heteroatoms. The Labute approximate surface area is 290 Å². The van der Waals surface area contributed by atoms with Crippen molar-refractivity contribution in [2.45, 2.75) is 78.6 Å². The molecule has 0 bridgehead atoms. The highest BCUT2D eigenvalue weighted by Crippen LogP contribution is 2.42. The Bertz CT molecular complexity index is 2300. The minimum Gasteiger partial charge on any atom is -0.457 e. The van der Waals surface area contributed by atoms with Crippen molar-refractivity contribution in [1.29, 1.82) is 0 Å². The third-order valence-electron chi connectivity index (χ3n) is 9.15. The lowest BCUT2D eigenvalue weighted by atomic mass is 9.81. The monoisotopic (exact) mass is 646 g/mol. The van der Waals surface area contributed by atoms with E-state index in [9.17, 15) is 0 Å². The molecule has 0 N–H and O–H groups in total. The molecule has 3 aromatic heterocycles. The van der Waals surface area contributed by atoms with Crippen LogP contribution in [-0.4, -0.2) is 19.3 Å². The quantitative estimate of drug-likeness (QED) is 0.187. The number of fused-ring (bicyclic) bond motifs is 3. The molecule has 3 heterocycles. The molecule has 7 rings (SSSR count). The van der Waals surface area contributed by atoms with E-state index in [0.717, 1.165) is 45.1 Å². The van der Waals surface area contributed by atoms with Crippen LogP contribution in [0.25, 0.3) is 44.4 Å². The first kappa shape index (κ1) is 32.4. The Balaban J connectivity index is 1.34. The maximum absolute atomic E-state index is 6.65. The highest BCUT2D eigenvalue weighted by Gasteiger charge is 2.33. The van der Waals surface area contributed by atoms with E-state index in [0.29, 0.717) is 0 Å². The maximum Gasteiger partial charge on any atom is 0.137 e. The lowest BCUT2D eigenvalue weighted by molar-refractivity contribution is 0.482. The standard InChI is InChI=1S/C44H46N4O/c1-42(2,3)30-24-25-45-38(26-30)47-36-21-14-13-20-34(36)35-23-22-33(28-37(35)47)49-32-19-15-18-31(27-32)48-41(44(7,8)9)39(29-16-11-10-12-17-29)40(46-48)43(4,5)6/h10-28H,1-9H3. The van der Waals surface area contributed by atoms with E-state index in [1.54, 1.807) is 0 Å². The molecule has 0 amide bonds. The summed E-state index contributed by atoms with van der Waals surface area (Å²) in [5.41, 5.74) is 8.71. The van der Waals surface area contributed by atoms with Gasteiger partial charge in [-0.2, -0.15) is 5.10 Å². The Morgan fingerprint density at radius 2 is 1.27 bits per heavy atom. The zero-order valence-electron chi connectivity index (χ0n) is 30.2. The molecular formula is C44H46N4O. The van der Waals surface area contributed by atoms with Gasteiger partial charge < -0.3 is 4.74 Å². The Morgan fingerprint density at radius 3 is 1.98 bits per heavy atom. The molecule has 4 aromatic carbocycles. The van der Waals surface area contributed by atoms with E-state index in [2.05, 4.69) is 175 Å². The molecule has 0 aliphatic carbocycles. The van der Waals surface area contributed by atoms with Crippen LogP contribution in [-0.2, 0) is 16.2 Å². The fraction of sp³-hybridized carbons (Fsp3) is 0.273. The molecule has 0 atom stereocenters. The van der Waals surface area contributed by atoms with Gasteiger partial charge in [-0.3, -0.25) is 4.57 Å². The van der Waals surface area contributed by atoms with Crippen molar-refractivity contribution in [3.05, 3.63) is 132 Å². The lowest BCUT2D eigenvalue weighted by Gasteiger charge is -2.24. The first-order valence-corrected chi connectivity index (χ1v) is 17.2. The summed E-state index contributed by atoms with van der Waals surface area (Å²) >= 11 is 0. The summed E-state index contributed by atoms with van der Waals surface area (Å²) in [5.74, 6) is 2.41. The normalized spacial score (nSPS) is 12.6. The smallest absolute Gasteiger partial charge is 0.137 e. The van der Waals surface area contributed by atoms with Crippen LogP contribution in [0.3, 0.4) is 0 Å². The largest absolute Gasteiger partial charge is 0.457 e. The number of para-hydroxylation sites is 1. The Kier molecular flexibility index (Phi) is 7.78. The van der Waals surface area contributed by atoms with Crippen molar-refractivity contribution in [2.75, 3.05) is 0 Å². The molecule has 0 radical (unpaired) electrons. The van der Waals surface area contributed by atoms with E-state index in [1.807, 2.05) is 12.3 Å². The molecule has 0 saturated heterocycles. The fourth-order valence-corrected chi connectivity index (χ4v) is 6.78. The summed E-state index contributed by atoms with van der Waals surface area (Å²) in [4.78, 5) is 4.84. The van der Waals surface area contributed by atoms with Crippen molar-refractivity contribution in [2.24, 2.45) is 0 Å². The number of ether oxygens (including phenoxy) is 1. The number of aromatic nitrogens is 4. The van der Waals surface area contributed by atoms with Gasteiger partial charge in [0.05, 0.1) is 28.1 Å². The molecule has 0 saturated carbocycles. The number of nitrogens with zero attached hydrogens (tertiary/aromatic N) is 4. The minimum absolute atomic E-state index is 0.00662. The van der Waals surface area contributed by atoms with Crippen LogP contribution in [0.15, 0.2) is 115 Å². The van der Waals surface area contributed by atoms with E-state index in [-0.39, 0.29) is 16.2 Å². The van der Waals surface area contributed by atoms with Crippen LogP contribution < -0.4 is 4.74 Å². The van der Waals surface area contributed by atoms with Gasteiger partial charge in [0.1, 0.15) is 17.3 Å². The van der Waals surface area contributed by atoms with Crippen LogP contribution in [0.1, 0.15) is 79.3 Å². The van der Waals surface area contributed by atoms with E-state index in [1.165, 1.54) is 27.8 Å². The van der Waals surface area contributed by atoms with Gasteiger partial charge in [-0.25, -0.2) is 9.67 Å². The average Bonchev–Trinajstić information content (AvgIpc) is 3.63. The van der Waals surface area contributed by atoms with Crippen molar-refractivity contribution in [1.82, 2.24) is 19.3 Å². The number of hydrogen-bond donors (Lipinski definition) is 0. The average molecular weight is 647 g/mol. The highest BCUT2D eigenvalue weighted by molar-refractivity contribution is 6.09. The number of pyridine rings is 1. The van der Waals surface area contributed by atoms with Crippen molar-refractivity contribution in [3.8, 4) is 34.1 Å². The van der Waals surface area contributed by atoms with Crippen LogP contribution in [0, 0.1) is 0 Å². The van der Waals surface area contributed by atoms with Crippen molar-refractivity contribution in [3.63, 3.8) is 0 Å². The molecule has 0 fully saturated rings. The topological polar surface area (TPSA) is 44.9 Å². The van der Waals surface area contributed by atoms with Gasteiger partial charge in [0.15, 0.2) is 0 Å². The Morgan fingerprint density at radius 1 is 0.571 bits per heavy atom. The molecule has 0 spiro atoms. The van der Waals surface area contributed by atoms with Crippen LogP contribution in [0.5, 0.6) is 11.5 Å². The van der Waals surface area contributed by atoms with Gasteiger partial charge in [-0.1, -0.05) is 117 Å². The predicted molar refractivity (Wildman–Crippen MR) is 204 cm³/mol. The van der Waals surface area contributed by atoms with E-state index < -0.39 is 0 Å². The zero-order valence-corrected chi connectivity index (χ0v) is 30.2. The van der Waals surface area contributed by atoms with Crippen LogP contribution in [0.2, 0.25) is 0 Å². The predicted octanol–water partition coefficient (Wildman–Crippen LogP) is 11.7. The van der Waals surface area contributed by atoms with Gasteiger partial charge in [0.25, 0.3) is 0 Å². The molecule has 49 heavy (non-hydrogen) atoms. The van der Waals surface area contributed by atoms with Gasteiger partial charge in [0, 0.05) is 45.5 Å². The second-order valence-corrected chi connectivity index (χ2v) is 16.1. The third kappa shape index (κ3) is 6.03. The number of hydrogen-bond acceptors (Lipinski definition) is 3. The van der Waals surface area contributed by atoms with Crippen molar-refractivity contribution >= 4 is 21.8 Å². The summed E-state index contributed by atoms with van der Waals surface area (Å²) in [6.45, 7) is 20.2. The van der Waals surface area contributed by atoms with Gasteiger partial charge in [-0.05, 0) is 59.0 Å². The summed E-state index contributed by atoms with van der Waals surface area (Å²) in [6.07, 6.45) is 1.91. The fourth-order valence-electron chi connectivity index (χ4n) is 6.78. The molecule has 248 valence electrons. The first-order valence-electron chi connectivity index (χ1n) is 17.2. The second-order valence-electron chi connectivity index (χ2n) is 16.1. The third-order valence-corrected chi connectivity index (χ3v) is 9.15. The molecular weight excluding hydrogens is 601 g/mol.